The number of aromatic nitrogens is 2. The fourth-order valence-corrected chi connectivity index (χ4v) is 7.06. The molecule has 0 saturated carbocycles. The molecule has 6 nitrogen and oxygen atoms in total. The lowest BCUT2D eigenvalue weighted by molar-refractivity contribution is -0.127. The molecule has 1 aliphatic rings. The molecule has 0 unspecified atom stereocenters. The Morgan fingerprint density at radius 2 is 2.06 bits per heavy atom. The van der Waals surface area contributed by atoms with Crippen molar-refractivity contribution < 1.29 is 4.79 Å². The Bertz CT molecular complexity index is 1130. The second-order valence-electron chi connectivity index (χ2n) is 8.52. The molecule has 0 bridgehead atoms. The fourth-order valence-electron chi connectivity index (χ4n) is 4.03. The van der Waals surface area contributed by atoms with Crippen LogP contribution in [0.5, 0.6) is 0 Å². The summed E-state index contributed by atoms with van der Waals surface area (Å²) in [6.07, 6.45) is 5.21. The van der Waals surface area contributed by atoms with Crippen LogP contribution < -0.4 is 5.56 Å². The van der Waals surface area contributed by atoms with Crippen LogP contribution in [0, 0.1) is 0 Å². The van der Waals surface area contributed by atoms with Gasteiger partial charge >= 0.3 is 0 Å². The quantitative estimate of drug-likeness (QED) is 0.334. The average molecular weight is 491 g/mol. The van der Waals surface area contributed by atoms with Gasteiger partial charge in [-0.2, -0.15) is 0 Å². The molecule has 0 atom stereocenters. The Morgan fingerprint density at radius 1 is 1.25 bits per heavy atom. The number of aryl methyl sites for hydroxylation is 2. The van der Waals surface area contributed by atoms with Crippen molar-refractivity contribution in [2.24, 2.45) is 0 Å². The number of fused-ring (bicyclic) bond motifs is 3. The van der Waals surface area contributed by atoms with Crippen molar-refractivity contribution in [2.75, 3.05) is 33.4 Å². The molecule has 0 fully saturated rings. The van der Waals surface area contributed by atoms with Gasteiger partial charge in [-0.15, -0.1) is 22.7 Å². The molecular weight excluding hydrogens is 460 g/mol. The Hall–Kier alpha value is -1.68. The van der Waals surface area contributed by atoms with E-state index in [0.717, 1.165) is 47.3 Å². The van der Waals surface area contributed by atoms with Gasteiger partial charge in [0.05, 0.1) is 17.7 Å². The van der Waals surface area contributed by atoms with E-state index < -0.39 is 0 Å². The first kappa shape index (κ1) is 23.5. The zero-order chi connectivity index (χ0) is 22.7. The van der Waals surface area contributed by atoms with Gasteiger partial charge in [0.1, 0.15) is 4.83 Å². The van der Waals surface area contributed by atoms with Crippen molar-refractivity contribution in [3.63, 3.8) is 0 Å². The summed E-state index contributed by atoms with van der Waals surface area (Å²) in [6, 6.07) is 4.04. The number of carbonyl (C=O) groups is 1. The Labute approximate surface area is 201 Å². The van der Waals surface area contributed by atoms with Crippen LogP contribution in [0.1, 0.15) is 34.6 Å². The molecule has 3 aromatic rings. The third kappa shape index (κ3) is 5.27. The van der Waals surface area contributed by atoms with E-state index in [1.807, 2.05) is 43.2 Å². The summed E-state index contributed by atoms with van der Waals surface area (Å²) in [5.41, 5.74) is 1.29. The Balaban J connectivity index is 1.58. The van der Waals surface area contributed by atoms with Gasteiger partial charge in [0.15, 0.2) is 5.16 Å². The van der Waals surface area contributed by atoms with E-state index in [2.05, 4.69) is 4.90 Å². The predicted octanol–water partition coefficient (Wildman–Crippen LogP) is 4.10. The highest BCUT2D eigenvalue weighted by molar-refractivity contribution is 7.99. The van der Waals surface area contributed by atoms with E-state index in [9.17, 15) is 9.59 Å². The minimum atomic E-state index is 0.0445. The molecule has 172 valence electrons. The first-order valence-corrected chi connectivity index (χ1v) is 13.7. The number of nitrogens with zero attached hydrogens (tertiary/aromatic N) is 4. The third-order valence-electron chi connectivity index (χ3n) is 5.75. The second-order valence-corrected chi connectivity index (χ2v) is 11.6. The van der Waals surface area contributed by atoms with Crippen LogP contribution >= 0.6 is 34.4 Å². The van der Waals surface area contributed by atoms with E-state index in [1.165, 1.54) is 28.6 Å². The van der Waals surface area contributed by atoms with Crippen LogP contribution in [0.4, 0.5) is 0 Å². The molecule has 0 aliphatic heterocycles. The number of hydrogen-bond acceptors (Lipinski definition) is 7. The largest absolute Gasteiger partial charge is 0.340 e. The summed E-state index contributed by atoms with van der Waals surface area (Å²) in [5.74, 6) is 0.321. The topological polar surface area (TPSA) is 58.4 Å². The lowest BCUT2D eigenvalue weighted by Crippen LogP contribution is -2.29. The third-order valence-corrected chi connectivity index (χ3v) is 8.76. The Morgan fingerprint density at radius 3 is 2.81 bits per heavy atom. The molecule has 0 aromatic carbocycles. The number of hydrogen-bond donors (Lipinski definition) is 0. The van der Waals surface area contributed by atoms with Crippen LogP contribution in [0.25, 0.3) is 10.2 Å². The van der Waals surface area contributed by atoms with Crippen molar-refractivity contribution in [3.05, 3.63) is 43.2 Å². The highest BCUT2D eigenvalue weighted by Gasteiger charge is 2.23. The highest BCUT2D eigenvalue weighted by atomic mass is 32.2. The first-order chi connectivity index (χ1) is 15.4. The van der Waals surface area contributed by atoms with E-state index in [0.29, 0.717) is 18.2 Å². The van der Waals surface area contributed by atoms with Crippen molar-refractivity contribution in [1.29, 1.82) is 0 Å². The first-order valence-electron chi connectivity index (χ1n) is 11.0. The monoisotopic (exact) mass is 490 g/mol. The molecule has 0 spiro atoms. The average Bonchev–Trinajstić information content (AvgIpc) is 3.40. The van der Waals surface area contributed by atoms with Crippen LogP contribution in [-0.2, 0) is 30.7 Å². The summed E-state index contributed by atoms with van der Waals surface area (Å²) in [4.78, 5) is 38.4. The predicted molar refractivity (Wildman–Crippen MR) is 135 cm³/mol. The molecule has 32 heavy (non-hydrogen) atoms. The second kappa shape index (κ2) is 10.5. The van der Waals surface area contributed by atoms with E-state index in [-0.39, 0.29) is 17.2 Å². The van der Waals surface area contributed by atoms with Gasteiger partial charge in [-0.25, -0.2) is 4.98 Å². The van der Waals surface area contributed by atoms with Gasteiger partial charge < -0.3 is 9.80 Å². The molecule has 4 rings (SSSR count). The van der Waals surface area contributed by atoms with Crippen LogP contribution in [0.15, 0.2) is 27.5 Å². The summed E-state index contributed by atoms with van der Waals surface area (Å²) in [5, 5.41) is 3.51. The summed E-state index contributed by atoms with van der Waals surface area (Å²) in [7, 11) is 5.91. The number of amides is 1. The SMILES string of the molecule is CN(C)CCCn1c(SCC(=O)N(C)Cc2cccs2)nc2sc3c(c2c1=O)CCCC3. The molecule has 0 N–H and O–H groups in total. The van der Waals surface area contributed by atoms with Crippen molar-refractivity contribution in [3.8, 4) is 0 Å². The molecule has 1 amide bonds. The summed E-state index contributed by atoms with van der Waals surface area (Å²) in [6.45, 7) is 2.13. The van der Waals surface area contributed by atoms with Gasteiger partial charge in [-0.3, -0.25) is 14.2 Å². The summed E-state index contributed by atoms with van der Waals surface area (Å²) < 4.78 is 1.81. The fraction of sp³-hybridized carbons (Fsp3) is 0.522. The molecule has 1 aliphatic carbocycles. The maximum Gasteiger partial charge on any atom is 0.263 e. The molecule has 3 aromatic heterocycles. The molecule has 0 radical (unpaired) electrons. The van der Waals surface area contributed by atoms with Crippen molar-refractivity contribution >= 4 is 50.6 Å². The highest BCUT2D eigenvalue weighted by Crippen LogP contribution is 2.34. The zero-order valence-electron chi connectivity index (χ0n) is 18.9. The number of thioether (sulfide) groups is 1. The maximum absolute atomic E-state index is 13.6. The minimum Gasteiger partial charge on any atom is -0.340 e. The summed E-state index contributed by atoms with van der Waals surface area (Å²) >= 11 is 4.71. The Kier molecular flexibility index (Phi) is 7.70. The van der Waals surface area contributed by atoms with E-state index in [4.69, 9.17) is 4.98 Å². The van der Waals surface area contributed by atoms with Crippen LogP contribution in [-0.4, -0.2) is 58.7 Å². The smallest absolute Gasteiger partial charge is 0.263 e. The lowest BCUT2D eigenvalue weighted by atomic mass is 9.97. The van der Waals surface area contributed by atoms with Gasteiger partial charge in [0.2, 0.25) is 5.91 Å². The van der Waals surface area contributed by atoms with Crippen LogP contribution in [0.2, 0.25) is 0 Å². The number of rotatable bonds is 9. The van der Waals surface area contributed by atoms with Gasteiger partial charge in [0, 0.05) is 23.3 Å². The maximum atomic E-state index is 13.6. The van der Waals surface area contributed by atoms with Crippen LogP contribution in [0.3, 0.4) is 0 Å². The van der Waals surface area contributed by atoms with Crippen molar-refractivity contribution in [2.45, 2.75) is 50.4 Å². The van der Waals surface area contributed by atoms with Gasteiger partial charge in [0.25, 0.3) is 5.56 Å². The normalized spacial score (nSPS) is 13.6. The number of thiophene rings is 2. The molecule has 0 saturated heterocycles. The lowest BCUT2D eigenvalue weighted by Gasteiger charge is -2.17. The van der Waals surface area contributed by atoms with E-state index >= 15 is 0 Å². The zero-order valence-corrected chi connectivity index (χ0v) is 21.4. The number of carbonyl (C=O) groups excluding carboxylic acids is 1. The van der Waals surface area contributed by atoms with Gasteiger partial charge in [-0.05, 0) is 69.8 Å². The van der Waals surface area contributed by atoms with E-state index in [1.54, 1.807) is 27.6 Å². The molecular formula is C23H30N4O2S3. The minimum absolute atomic E-state index is 0.0445. The molecule has 9 heteroatoms. The molecule has 3 heterocycles. The van der Waals surface area contributed by atoms with Gasteiger partial charge in [-0.1, -0.05) is 17.8 Å². The standard InChI is InChI=1S/C23H30N4O2S3/c1-25(2)11-7-12-27-22(29)20-17-9-4-5-10-18(17)32-21(20)24-23(27)31-15-19(28)26(3)14-16-8-6-13-30-16/h6,8,13H,4-5,7,9-12,14-15H2,1-3H3. The van der Waals surface area contributed by atoms with Crippen molar-refractivity contribution in [1.82, 2.24) is 19.4 Å².